The van der Waals surface area contributed by atoms with Crippen molar-refractivity contribution in [2.45, 2.75) is 25.8 Å². The Morgan fingerprint density at radius 3 is 2.13 bits per heavy atom. The molecule has 0 saturated heterocycles. The summed E-state index contributed by atoms with van der Waals surface area (Å²) in [7, 11) is 0. The second-order valence-electron chi connectivity index (χ2n) is 4.21. The van der Waals surface area contributed by atoms with Crippen molar-refractivity contribution < 1.29 is 10.2 Å². The summed E-state index contributed by atoms with van der Waals surface area (Å²) in [6.07, 6.45) is 0. The van der Waals surface area contributed by atoms with Crippen LogP contribution in [0.3, 0.4) is 0 Å². The lowest BCUT2D eigenvalue weighted by atomic mass is 9.83. The molecule has 2 unspecified atom stereocenters. The summed E-state index contributed by atoms with van der Waals surface area (Å²) in [5, 5.41) is 18.3. The second-order valence-corrected chi connectivity index (χ2v) is 4.21. The van der Waals surface area contributed by atoms with E-state index in [1.165, 1.54) is 0 Å². The Bertz CT molecular complexity index is 295. The van der Waals surface area contributed by atoms with E-state index >= 15 is 0 Å². The molecule has 4 N–H and O–H groups in total. The third kappa shape index (κ3) is 2.94. The number of aliphatic hydroxyl groups is 1. The van der Waals surface area contributed by atoms with E-state index in [9.17, 15) is 5.11 Å². The topological polar surface area (TPSA) is 66.5 Å². The SMILES string of the molecule is CC(C)C(c1ccc(O)cc1)C(N)CO. The molecule has 0 heterocycles. The van der Waals surface area contributed by atoms with Crippen molar-refractivity contribution in [3.8, 4) is 5.75 Å². The number of phenolic OH excluding ortho intramolecular Hbond substituents is 1. The fourth-order valence-electron chi connectivity index (χ4n) is 1.94. The highest BCUT2D eigenvalue weighted by Gasteiger charge is 2.22. The van der Waals surface area contributed by atoms with Gasteiger partial charge in [0.1, 0.15) is 5.75 Å². The van der Waals surface area contributed by atoms with Crippen LogP contribution in [-0.4, -0.2) is 22.9 Å². The molecule has 3 heteroatoms. The van der Waals surface area contributed by atoms with E-state index in [0.717, 1.165) is 5.56 Å². The van der Waals surface area contributed by atoms with E-state index < -0.39 is 0 Å². The first-order valence-corrected chi connectivity index (χ1v) is 5.21. The average Bonchev–Trinajstić information content (AvgIpc) is 2.20. The molecule has 0 amide bonds. The molecule has 0 spiro atoms. The summed E-state index contributed by atoms with van der Waals surface area (Å²) in [6, 6.07) is 6.75. The number of benzene rings is 1. The summed E-state index contributed by atoms with van der Waals surface area (Å²) in [5.74, 6) is 0.728. The Morgan fingerprint density at radius 2 is 1.73 bits per heavy atom. The predicted molar refractivity (Wildman–Crippen MR) is 60.7 cm³/mol. The highest BCUT2D eigenvalue weighted by Crippen LogP contribution is 2.28. The van der Waals surface area contributed by atoms with Crippen LogP contribution in [0.5, 0.6) is 5.75 Å². The fourth-order valence-corrected chi connectivity index (χ4v) is 1.94. The molecular weight excluding hydrogens is 190 g/mol. The van der Waals surface area contributed by atoms with Crippen LogP contribution in [0.1, 0.15) is 25.3 Å². The second kappa shape index (κ2) is 5.14. The summed E-state index contributed by atoms with van der Waals surface area (Å²) < 4.78 is 0. The largest absolute Gasteiger partial charge is 0.508 e. The Kier molecular flexibility index (Phi) is 4.12. The number of nitrogens with two attached hydrogens (primary N) is 1. The van der Waals surface area contributed by atoms with Crippen LogP contribution in [0.4, 0.5) is 0 Å². The van der Waals surface area contributed by atoms with Crippen molar-refractivity contribution in [1.29, 1.82) is 0 Å². The molecule has 1 aromatic rings. The average molecular weight is 209 g/mol. The Hall–Kier alpha value is -1.06. The van der Waals surface area contributed by atoms with Gasteiger partial charge in [-0.2, -0.15) is 0 Å². The molecule has 0 bridgehead atoms. The van der Waals surface area contributed by atoms with Crippen molar-refractivity contribution in [3.63, 3.8) is 0 Å². The lowest BCUT2D eigenvalue weighted by molar-refractivity contribution is 0.232. The Morgan fingerprint density at radius 1 is 1.20 bits per heavy atom. The van der Waals surface area contributed by atoms with Crippen molar-refractivity contribution in [2.75, 3.05) is 6.61 Å². The van der Waals surface area contributed by atoms with Gasteiger partial charge in [0.05, 0.1) is 6.61 Å². The van der Waals surface area contributed by atoms with Crippen LogP contribution in [0, 0.1) is 5.92 Å². The van der Waals surface area contributed by atoms with Crippen molar-refractivity contribution in [2.24, 2.45) is 11.7 Å². The number of rotatable bonds is 4. The highest BCUT2D eigenvalue weighted by molar-refractivity contribution is 5.29. The van der Waals surface area contributed by atoms with Gasteiger partial charge in [-0.15, -0.1) is 0 Å². The number of hydrogen-bond donors (Lipinski definition) is 3. The normalized spacial score (nSPS) is 15.3. The lowest BCUT2D eigenvalue weighted by Crippen LogP contribution is -2.34. The van der Waals surface area contributed by atoms with Gasteiger partial charge in [0, 0.05) is 12.0 Å². The molecule has 0 aliphatic rings. The monoisotopic (exact) mass is 209 g/mol. The van der Waals surface area contributed by atoms with Gasteiger partial charge in [0.25, 0.3) is 0 Å². The summed E-state index contributed by atoms with van der Waals surface area (Å²) in [4.78, 5) is 0. The van der Waals surface area contributed by atoms with E-state index in [4.69, 9.17) is 10.8 Å². The van der Waals surface area contributed by atoms with E-state index in [-0.39, 0.29) is 24.3 Å². The van der Waals surface area contributed by atoms with Gasteiger partial charge in [-0.1, -0.05) is 26.0 Å². The molecule has 15 heavy (non-hydrogen) atoms. The lowest BCUT2D eigenvalue weighted by Gasteiger charge is -2.26. The van der Waals surface area contributed by atoms with Gasteiger partial charge in [-0.25, -0.2) is 0 Å². The zero-order chi connectivity index (χ0) is 11.4. The molecule has 0 fully saturated rings. The third-order valence-electron chi connectivity index (χ3n) is 2.67. The van der Waals surface area contributed by atoms with Crippen LogP contribution in [0.2, 0.25) is 0 Å². The van der Waals surface area contributed by atoms with Gasteiger partial charge in [0.2, 0.25) is 0 Å². The Labute approximate surface area is 90.5 Å². The smallest absolute Gasteiger partial charge is 0.115 e. The van der Waals surface area contributed by atoms with Crippen molar-refractivity contribution in [3.05, 3.63) is 29.8 Å². The molecule has 2 atom stereocenters. The minimum absolute atomic E-state index is 0.0241. The molecule has 0 aliphatic carbocycles. The van der Waals surface area contributed by atoms with Crippen LogP contribution >= 0.6 is 0 Å². The molecule has 1 rings (SSSR count). The van der Waals surface area contributed by atoms with E-state index in [0.29, 0.717) is 5.92 Å². The molecule has 0 radical (unpaired) electrons. The summed E-state index contributed by atoms with van der Waals surface area (Å²) in [5.41, 5.74) is 6.94. The first-order chi connectivity index (χ1) is 7.06. The molecule has 0 aromatic heterocycles. The van der Waals surface area contributed by atoms with Crippen molar-refractivity contribution in [1.82, 2.24) is 0 Å². The van der Waals surface area contributed by atoms with E-state index in [1.807, 2.05) is 12.1 Å². The highest BCUT2D eigenvalue weighted by atomic mass is 16.3. The quantitative estimate of drug-likeness (QED) is 0.703. The van der Waals surface area contributed by atoms with Crippen LogP contribution in [-0.2, 0) is 0 Å². The van der Waals surface area contributed by atoms with E-state index in [1.54, 1.807) is 12.1 Å². The third-order valence-corrected chi connectivity index (χ3v) is 2.67. The first kappa shape index (κ1) is 12.0. The number of aromatic hydroxyl groups is 1. The maximum atomic E-state index is 9.19. The molecule has 0 saturated carbocycles. The maximum absolute atomic E-state index is 9.19. The number of phenols is 1. The fraction of sp³-hybridized carbons (Fsp3) is 0.500. The predicted octanol–water partition coefficient (Wildman–Crippen LogP) is 1.45. The van der Waals surface area contributed by atoms with Gasteiger partial charge < -0.3 is 15.9 Å². The maximum Gasteiger partial charge on any atom is 0.115 e. The molecule has 3 nitrogen and oxygen atoms in total. The standard InChI is InChI=1S/C12H19NO2/c1-8(2)12(11(13)7-14)9-3-5-10(15)6-4-9/h3-6,8,11-12,14-15H,7,13H2,1-2H3. The minimum atomic E-state index is -0.255. The zero-order valence-corrected chi connectivity index (χ0v) is 9.22. The summed E-state index contributed by atoms with van der Waals surface area (Å²) >= 11 is 0. The van der Waals surface area contributed by atoms with Crippen molar-refractivity contribution >= 4 is 0 Å². The minimum Gasteiger partial charge on any atom is -0.508 e. The van der Waals surface area contributed by atoms with Crippen LogP contribution in [0.15, 0.2) is 24.3 Å². The first-order valence-electron chi connectivity index (χ1n) is 5.21. The van der Waals surface area contributed by atoms with Gasteiger partial charge >= 0.3 is 0 Å². The van der Waals surface area contributed by atoms with Gasteiger partial charge in [-0.05, 0) is 23.6 Å². The Balaban J connectivity index is 2.94. The molecule has 1 aromatic carbocycles. The van der Waals surface area contributed by atoms with Crippen LogP contribution < -0.4 is 5.73 Å². The zero-order valence-electron chi connectivity index (χ0n) is 9.22. The number of aliphatic hydroxyl groups excluding tert-OH is 1. The molecule has 0 aliphatic heterocycles. The van der Waals surface area contributed by atoms with Gasteiger partial charge in [0.15, 0.2) is 0 Å². The van der Waals surface area contributed by atoms with Gasteiger partial charge in [-0.3, -0.25) is 0 Å². The number of hydrogen-bond acceptors (Lipinski definition) is 3. The summed E-state index contributed by atoms with van der Waals surface area (Å²) in [6.45, 7) is 4.13. The molecule has 84 valence electrons. The van der Waals surface area contributed by atoms with E-state index in [2.05, 4.69) is 13.8 Å². The van der Waals surface area contributed by atoms with Crippen LogP contribution in [0.25, 0.3) is 0 Å². The molecular formula is C12H19NO2.